The Kier molecular flexibility index (Phi) is 7.82. The van der Waals surface area contributed by atoms with Crippen molar-refractivity contribution >= 4 is 46.8 Å². The van der Waals surface area contributed by atoms with E-state index in [0.717, 1.165) is 4.90 Å². The quantitative estimate of drug-likeness (QED) is 0.515. The zero-order valence-electron chi connectivity index (χ0n) is 14.5. The standard InChI is InChI=1S/C19H20Cl2N2O2S/c1-12(2)26-17-6-4-3-5-14(17)19(25)23-10-9-22-18(24)13-7-8-15(20)16(21)11-13/h3-8,11-12H,9-10H2,1-2H3,(H,22,24)(H,23,25). The Hall–Kier alpha value is -1.69. The van der Waals surface area contributed by atoms with Crippen molar-refractivity contribution in [1.82, 2.24) is 10.6 Å². The van der Waals surface area contributed by atoms with E-state index in [1.807, 2.05) is 18.2 Å². The lowest BCUT2D eigenvalue weighted by atomic mass is 10.2. The van der Waals surface area contributed by atoms with Crippen LogP contribution < -0.4 is 10.6 Å². The van der Waals surface area contributed by atoms with Crippen LogP contribution in [0.1, 0.15) is 34.6 Å². The van der Waals surface area contributed by atoms with Crippen LogP contribution in [0.15, 0.2) is 47.4 Å². The van der Waals surface area contributed by atoms with Crippen molar-refractivity contribution in [2.75, 3.05) is 13.1 Å². The van der Waals surface area contributed by atoms with E-state index >= 15 is 0 Å². The van der Waals surface area contributed by atoms with Gasteiger partial charge in [-0.1, -0.05) is 49.2 Å². The average molecular weight is 411 g/mol. The molecule has 0 spiro atoms. The predicted molar refractivity (Wildman–Crippen MR) is 109 cm³/mol. The SMILES string of the molecule is CC(C)Sc1ccccc1C(=O)NCCNC(=O)c1ccc(Cl)c(Cl)c1. The van der Waals surface area contributed by atoms with Gasteiger partial charge in [-0.05, 0) is 30.3 Å². The molecule has 2 rings (SSSR count). The molecule has 4 nitrogen and oxygen atoms in total. The molecule has 138 valence electrons. The van der Waals surface area contributed by atoms with E-state index in [1.54, 1.807) is 30.0 Å². The summed E-state index contributed by atoms with van der Waals surface area (Å²) in [5, 5.41) is 6.67. The average Bonchev–Trinajstić information content (AvgIpc) is 2.60. The molecular weight excluding hydrogens is 391 g/mol. The van der Waals surface area contributed by atoms with Gasteiger partial charge in [0.2, 0.25) is 0 Å². The van der Waals surface area contributed by atoms with Crippen LogP contribution in [0.3, 0.4) is 0 Å². The van der Waals surface area contributed by atoms with Gasteiger partial charge in [-0.15, -0.1) is 11.8 Å². The van der Waals surface area contributed by atoms with Gasteiger partial charge in [-0.3, -0.25) is 9.59 Å². The van der Waals surface area contributed by atoms with Crippen molar-refractivity contribution in [1.29, 1.82) is 0 Å². The summed E-state index contributed by atoms with van der Waals surface area (Å²) in [6.45, 7) is 4.80. The number of carbonyl (C=O) groups is 2. The third kappa shape index (κ3) is 5.94. The number of amides is 2. The lowest BCUT2D eigenvalue weighted by molar-refractivity contribution is 0.0926. The maximum absolute atomic E-state index is 12.4. The minimum Gasteiger partial charge on any atom is -0.350 e. The second kappa shape index (κ2) is 9.86. The van der Waals surface area contributed by atoms with E-state index in [0.29, 0.717) is 39.5 Å². The summed E-state index contributed by atoms with van der Waals surface area (Å²) in [4.78, 5) is 25.4. The van der Waals surface area contributed by atoms with Crippen LogP contribution >= 0.6 is 35.0 Å². The zero-order chi connectivity index (χ0) is 19.1. The first-order valence-electron chi connectivity index (χ1n) is 8.15. The molecule has 0 atom stereocenters. The van der Waals surface area contributed by atoms with E-state index in [4.69, 9.17) is 23.2 Å². The topological polar surface area (TPSA) is 58.2 Å². The first-order valence-corrected chi connectivity index (χ1v) is 9.79. The third-order valence-corrected chi connectivity index (χ3v) is 5.19. The molecule has 0 aliphatic carbocycles. The smallest absolute Gasteiger partial charge is 0.252 e. The van der Waals surface area contributed by atoms with Crippen LogP contribution in [0.4, 0.5) is 0 Å². The fraction of sp³-hybridized carbons (Fsp3) is 0.263. The largest absolute Gasteiger partial charge is 0.350 e. The Morgan fingerprint density at radius 1 is 0.962 bits per heavy atom. The van der Waals surface area contributed by atoms with Gasteiger partial charge in [0, 0.05) is 28.8 Å². The summed E-state index contributed by atoms with van der Waals surface area (Å²) in [5.74, 6) is -0.425. The Morgan fingerprint density at radius 2 is 1.62 bits per heavy atom. The maximum Gasteiger partial charge on any atom is 0.252 e. The summed E-state index contributed by atoms with van der Waals surface area (Å²) >= 11 is 13.4. The highest BCUT2D eigenvalue weighted by molar-refractivity contribution is 8.00. The summed E-state index contributed by atoms with van der Waals surface area (Å²) in [6, 6.07) is 12.2. The summed E-state index contributed by atoms with van der Waals surface area (Å²) in [5.41, 5.74) is 1.06. The molecule has 2 aromatic rings. The lowest BCUT2D eigenvalue weighted by Crippen LogP contribution is -2.34. The zero-order valence-corrected chi connectivity index (χ0v) is 16.8. The molecule has 7 heteroatoms. The molecule has 26 heavy (non-hydrogen) atoms. The van der Waals surface area contributed by atoms with Gasteiger partial charge in [0.15, 0.2) is 0 Å². The monoisotopic (exact) mass is 410 g/mol. The fourth-order valence-corrected chi connectivity index (χ4v) is 3.45. The van der Waals surface area contributed by atoms with Gasteiger partial charge >= 0.3 is 0 Å². The number of benzene rings is 2. The van der Waals surface area contributed by atoms with E-state index < -0.39 is 0 Å². The van der Waals surface area contributed by atoms with Crippen molar-refractivity contribution < 1.29 is 9.59 Å². The van der Waals surface area contributed by atoms with Gasteiger partial charge in [0.1, 0.15) is 0 Å². The van der Waals surface area contributed by atoms with Crippen LogP contribution in [0.5, 0.6) is 0 Å². The van der Waals surface area contributed by atoms with Crippen LogP contribution in [0, 0.1) is 0 Å². The Morgan fingerprint density at radius 3 is 2.27 bits per heavy atom. The van der Waals surface area contributed by atoms with Crippen LogP contribution in [-0.2, 0) is 0 Å². The van der Waals surface area contributed by atoms with Gasteiger partial charge < -0.3 is 10.6 Å². The summed E-state index contributed by atoms with van der Waals surface area (Å²) in [6.07, 6.45) is 0. The highest BCUT2D eigenvalue weighted by Gasteiger charge is 2.12. The Bertz CT molecular complexity index is 797. The first-order chi connectivity index (χ1) is 12.4. The molecule has 0 aliphatic rings. The number of rotatable bonds is 7. The normalized spacial score (nSPS) is 10.7. The molecule has 0 heterocycles. The van der Waals surface area contributed by atoms with E-state index in [-0.39, 0.29) is 11.8 Å². The maximum atomic E-state index is 12.4. The summed E-state index contributed by atoms with van der Waals surface area (Å²) < 4.78 is 0. The molecule has 0 saturated carbocycles. The molecule has 0 aromatic heterocycles. The van der Waals surface area contributed by atoms with E-state index in [1.165, 1.54) is 6.07 Å². The third-order valence-electron chi connectivity index (χ3n) is 3.37. The van der Waals surface area contributed by atoms with Gasteiger partial charge in [-0.25, -0.2) is 0 Å². The van der Waals surface area contributed by atoms with Crippen LogP contribution in [0.2, 0.25) is 10.0 Å². The van der Waals surface area contributed by atoms with E-state index in [2.05, 4.69) is 24.5 Å². The number of halogens is 2. The number of carbonyl (C=O) groups excluding carboxylic acids is 2. The van der Waals surface area contributed by atoms with Crippen molar-refractivity contribution in [3.8, 4) is 0 Å². The van der Waals surface area contributed by atoms with Crippen molar-refractivity contribution in [2.45, 2.75) is 24.0 Å². The highest BCUT2D eigenvalue weighted by Crippen LogP contribution is 2.26. The van der Waals surface area contributed by atoms with E-state index in [9.17, 15) is 9.59 Å². The molecule has 0 bridgehead atoms. The minimum atomic E-state index is -0.270. The number of hydrogen-bond acceptors (Lipinski definition) is 3. The highest BCUT2D eigenvalue weighted by atomic mass is 35.5. The Balaban J connectivity index is 1.85. The molecule has 2 N–H and O–H groups in total. The Labute approximate surface area is 167 Å². The molecule has 0 aliphatic heterocycles. The predicted octanol–water partition coefficient (Wildman–Crippen LogP) is 4.65. The van der Waals surface area contributed by atoms with Gasteiger partial charge in [0.05, 0.1) is 15.6 Å². The molecule has 2 aromatic carbocycles. The number of hydrogen-bond donors (Lipinski definition) is 2. The van der Waals surface area contributed by atoms with Crippen molar-refractivity contribution in [2.24, 2.45) is 0 Å². The van der Waals surface area contributed by atoms with Crippen LogP contribution in [-0.4, -0.2) is 30.2 Å². The van der Waals surface area contributed by atoms with Crippen LogP contribution in [0.25, 0.3) is 0 Å². The molecular formula is C19H20Cl2N2O2S. The van der Waals surface area contributed by atoms with Gasteiger partial charge in [0.25, 0.3) is 11.8 Å². The molecule has 0 unspecified atom stereocenters. The second-order valence-electron chi connectivity index (χ2n) is 5.80. The second-order valence-corrected chi connectivity index (χ2v) is 8.24. The molecule has 0 radical (unpaired) electrons. The molecule has 2 amide bonds. The molecule has 0 fully saturated rings. The first kappa shape index (κ1) is 20.6. The lowest BCUT2D eigenvalue weighted by Gasteiger charge is -2.12. The van der Waals surface area contributed by atoms with Crippen molar-refractivity contribution in [3.05, 3.63) is 63.6 Å². The van der Waals surface area contributed by atoms with Gasteiger partial charge in [-0.2, -0.15) is 0 Å². The molecule has 0 saturated heterocycles. The minimum absolute atomic E-state index is 0.155. The fourth-order valence-electron chi connectivity index (χ4n) is 2.20. The number of nitrogens with one attached hydrogen (secondary N) is 2. The summed E-state index contributed by atoms with van der Waals surface area (Å²) in [7, 11) is 0. The van der Waals surface area contributed by atoms with Crippen molar-refractivity contribution in [3.63, 3.8) is 0 Å². The number of thioether (sulfide) groups is 1.